The van der Waals surface area contributed by atoms with Crippen molar-refractivity contribution in [3.63, 3.8) is 0 Å². The van der Waals surface area contributed by atoms with Gasteiger partial charge in [-0.15, -0.1) is 0 Å². The van der Waals surface area contributed by atoms with Crippen LogP contribution >= 0.6 is 7.60 Å². The van der Waals surface area contributed by atoms with Crippen molar-refractivity contribution >= 4 is 7.60 Å². The number of hydrogen-bond donors (Lipinski definition) is 1. The lowest BCUT2D eigenvalue weighted by Crippen LogP contribution is -2.39. The molecule has 8 atom stereocenters. The van der Waals surface area contributed by atoms with E-state index in [1.807, 2.05) is 20.8 Å². The Morgan fingerprint density at radius 3 is 1.47 bits per heavy atom. The van der Waals surface area contributed by atoms with Gasteiger partial charge in [-0.1, -0.05) is 75.2 Å². The Hall–Kier alpha value is 0.110. The van der Waals surface area contributed by atoms with Crippen LogP contribution in [0.15, 0.2) is 0 Å². The Bertz CT molecular complexity index is 544. The Morgan fingerprint density at radius 1 is 0.800 bits per heavy atom. The molecule has 2 aliphatic carbocycles. The molecule has 1 N–H and O–H groups in total. The van der Waals surface area contributed by atoms with Crippen LogP contribution in [0, 0.1) is 40.9 Å². The second kappa shape index (κ2) is 10.4. The zero-order valence-corrected chi connectivity index (χ0v) is 22.0. The summed E-state index contributed by atoms with van der Waals surface area (Å²) in [6.45, 7) is 19.1. The van der Waals surface area contributed by atoms with Crippen molar-refractivity contribution in [2.24, 2.45) is 40.9 Å². The summed E-state index contributed by atoms with van der Waals surface area (Å²) < 4.78 is 27.3. The van der Waals surface area contributed by atoms with E-state index in [9.17, 15) is 9.67 Å². The molecule has 0 aromatic rings. The fourth-order valence-corrected chi connectivity index (χ4v) is 7.93. The standard InChI is InChI=1S/C25H49O4P/c1-16(2)20-12-10-18(5)14-22(20)28-30(27,24(26)25(7,8)9)29-23-15-19(6)11-13-21(23)17(3)4/h16-24,26H,10-15H2,1-9H3/t18-,19-,20-,21+,22-,23-,24+,30?/m1/s1. The summed E-state index contributed by atoms with van der Waals surface area (Å²) >= 11 is 0. The summed E-state index contributed by atoms with van der Waals surface area (Å²) in [5.74, 6) is 1.60. The number of aliphatic hydroxyl groups excluding tert-OH is 1. The monoisotopic (exact) mass is 444 g/mol. The quantitative estimate of drug-likeness (QED) is 0.413. The predicted octanol–water partition coefficient (Wildman–Crippen LogP) is 7.50. The minimum atomic E-state index is -3.72. The Kier molecular flexibility index (Phi) is 9.11. The highest BCUT2D eigenvalue weighted by Gasteiger charge is 2.49. The predicted molar refractivity (Wildman–Crippen MR) is 126 cm³/mol. The van der Waals surface area contributed by atoms with Crippen molar-refractivity contribution in [3.8, 4) is 0 Å². The first-order valence-electron chi connectivity index (χ1n) is 12.4. The fourth-order valence-electron chi connectivity index (χ4n) is 5.46. The molecule has 2 aliphatic rings. The van der Waals surface area contributed by atoms with E-state index < -0.39 is 18.9 Å². The largest absolute Gasteiger partial charge is 0.380 e. The van der Waals surface area contributed by atoms with E-state index in [2.05, 4.69) is 41.5 Å². The third-order valence-corrected chi connectivity index (χ3v) is 10.1. The minimum Gasteiger partial charge on any atom is -0.380 e. The average molecular weight is 445 g/mol. The van der Waals surface area contributed by atoms with Gasteiger partial charge in [0.15, 0.2) is 5.85 Å². The van der Waals surface area contributed by atoms with Gasteiger partial charge in [-0.3, -0.25) is 4.57 Å². The van der Waals surface area contributed by atoms with Crippen molar-refractivity contribution < 1.29 is 18.7 Å². The molecule has 2 saturated carbocycles. The zero-order valence-electron chi connectivity index (χ0n) is 21.1. The van der Waals surface area contributed by atoms with Gasteiger partial charge in [-0.05, 0) is 66.6 Å². The molecule has 0 aromatic heterocycles. The maximum Gasteiger partial charge on any atom is 0.359 e. The molecule has 178 valence electrons. The van der Waals surface area contributed by atoms with Crippen LogP contribution in [0.4, 0.5) is 0 Å². The summed E-state index contributed by atoms with van der Waals surface area (Å²) in [4.78, 5) is 0. The Balaban J connectivity index is 2.34. The van der Waals surface area contributed by atoms with Crippen molar-refractivity contribution in [1.82, 2.24) is 0 Å². The Morgan fingerprint density at radius 2 is 1.17 bits per heavy atom. The summed E-state index contributed by atoms with van der Waals surface area (Å²) in [6.07, 6.45) is 6.10. The van der Waals surface area contributed by atoms with Gasteiger partial charge in [0.2, 0.25) is 0 Å². The molecular weight excluding hydrogens is 395 g/mol. The van der Waals surface area contributed by atoms with Gasteiger partial charge in [0.05, 0.1) is 12.2 Å². The smallest absolute Gasteiger partial charge is 0.359 e. The first-order chi connectivity index (χ1) is 13.7. The molecule has 0 spiro atoms. The molecule has 1 unspecified atom stereocenters. The van der Waals surface area contributed by atoms with Crippen molar-refractivity contribution in [2.75, 3.05) is 0 Å². The topological polar surface area (TPSA) is 55.8 Å². The lowest BCUT2D eigenvalue weighted by molar-refractivity contribution is -0.0251. The van der Waals surface area contributed by atoms with E-state index in [0.29, 0.717) is 35.5 Å². The maximum absolute atomic E-state index is 14.4. The van der Waals surface area contributed by atoms with Crippen molar-refractivity contribution in [1.29, 1.82) is 0 Å². The normalized spacial score (nSPS) is 36.7. The molecule has 0 amide bonds. The van der Waals surface area contributed by atoms with Gasteiger partial charge in [-0.2, -0.15) is 0 Å². The summed E-state index contributed by atoms with van der Waals surface area (Å²) in [5, 5.41) is 11.2. The second-order valence-electron chi connectivity index (χ2n) is 12.2. The van der Waals surface area contributed by atoms with E-state index in [0.717, 1.165) is 25.7 Å². The van der Waals surface area contributed by atoms with Crippen LogP contribution in [0.1, 0.15) is 101 Å². The van der Waals surface area contributed by atoms with Gasteiger partial charge in [0, 0.05) is 0 Å². The molecule has 0 radical (unpaired) electrons. The van der Waals surface area contributed by atoms with Gasteiger partial charge in [-0.25, -0.2) is 0 Å². The SMILES string of the molecule is CC(C)[C@H]1CC[C@@H](C)C[C@H]1OP(=O)(O[C@@H]1C[C@H](C)CC[C@H]1C(C)C)[C@H](O)C(C)(C)C. The Labute approximate surface area is 186 Å². The van der Waals surface area contributed by atoms with Crippen LogP contribution in [-0.2, 0) is 13.6 Å². The van der Waals surface area contributed by atoms with E-state index >= 15 is 0 Å². The first kappa shape index (κ1) is 26.4. The molecule has 30 heavy (non-hydrogen) atoms. The summed E-state index contributed by atoms with van der Waals surface area (Å²) in [7, 11) is -3.72. The summed E-state index contributed by atoms with van der Waals surface area (Å²) in [5.41, 5.74) is -0.573. The van der Waals surface area contributed by atoms with Crippen LogP contribution in [0.5, 0.6) is 0 Å². The molecule has 4 nitrogen and oxygen atoms in total. The van der Waals surface area contributed by atoms with Crippen LogP contribution in [0.25, 0.3) is 0 Å². The van der Waals surface area contributed by atoms with E-state index in [1.54, 1.807) is 0 Å². The molecule has 0 heterocycles. The maximum atomic E-state index is 14.4. The third kappa shape index (κ3) is 6.56. The lowest BCUT2D eigenvalue weighted by Gasteiger charge is -2.44. The number of rotatable bonds is 7. The van der Waals surface area contributed by atoms with E-state index in [1.165, 1.54) is 12.8 Å². The first-order valence-corrected chi connectivity index (χ1v) is 14.0. The van der Waals surface area contributed by atoms with E-state index in [-0.39, 0.29) is 12.2 Å². The molecular formula is C25H49O4P. The fraction of sp³-hybridized carbons (Fsp3) is 1.00. The van der Waals surface area contributed by atoms with Crippen LogP contribution < -0.4 is 0 Å². The van der Waals surface area contributed by atoms with Gasteiger partial charge >= 0.3 is 7.60 Å². The molecule has 2 rings (SSSR count). The number of hydrogen-bond acceptors (Lipinski definition) is 4. The van der Waals surface area contributed by atoms with Crippen molar-refractivity contribution in [3.05, 3.63) is 0 Å². The molecule has 2 fully saturated rings. The number of aliphatic hydroxyl groups is 1. The zero-order chi connectivity index (χ0) is 22.9. The van der Waals surface area contributed by atoms with Gasteiger partial charge in [0.1, 0.15) is 0 Å². The van der Waals surface area contributed by atoms with Gasteiger partial charge in [0.25, 0.3) is 0 Å². The van der Waals surface area contributed by atoms with Crippen LogP contribution in [-0.4, -0.2) is 23.2 Å². The summed E-state index contributed by atoms with van der Waals surface area (Å²) in [6, 6.07) is 0. The highest BCUT2D eigenvalue weighted by molar-refractivity contribution is 7.54. The highest BCUT2D eigenvalue weighted by atomic mass is 31.2. The molecule has 0 saturated heterocycles. The van der Waals surface area contributed by atoms with Gasteiger partial charge < -0.3 is 14.2 Å². The molecule has 0 aromatic carbocycles. The molecule has 0 bridgehead atoms. The highest BCUT2D eigenvalue weighted by Crippen LogP contribution is 2.62. The van der Waals surface area contributed by atoms with E-state index in [4.69, 9.17) is 9.05 Å². The van der Waals surface area contributed by atoms with Crippen LogP contribution in [0.3, 0.4) is 0 Å². The molecule has 0 aliphatic heterocycles. The second-order valence-corrected chi connectivity index (χ2v) is 14.2. The van der Waals surface area contributed by atoms with Crippen LogP contribution in [0.2, 0.25) is 0 Å². The third-order valence-electron chi connectivity index (χ3n) is 7.56. The van der Waals surface area contributed by atoms with Crippen molar-refractivity contribution in [2.45, 2.75) is 119 Å². The average Bonchev–Trinajstić information content (AvgIpc) is 2.59. The lowest BCUT2D eigenvalue weighted by atomic mass is 9.75. The minimum absolute atomic E-state index is 0.116. The molecule has 5 heteroatoms.